The predicted molar refractivity (Wildman–Crippen MR) is 173 cm³/mol. The van der Waals surface area contributed by atoms with Crippen LogP contribution in [-0.2, 0) is 28.5 Å². The number of aliphatic hydroxyl groups is 1. The number of ether oxygens (including phenoxy) is 4. The van der Waals surface area contributed by atoms with E-state index < -0.39 is 23.9 Å². The van der Waals surface area contributed by atoms with Crippen molar-refractivity contribution >= 4 is 17.9 Å². The van der Waals surface area contributed by atoms with Crippen molar-refractivity contribution in [1.82, 2.24) is 15.5 Å². The van der Waals surface area contributed by atoms with Crippen molar-refractivity contribution in [1.29, 1.82) is 0 Å². The van der Waals surface area contributed by atoms with Gasteiger partial charge in [-0.1, -0.05) is 30.7 Å². The molecule has 0 aromatic carbocycles. The van der Waals surface area contributed by atoms with Gasteiger partial charge in [-0.25, -0.2) is 4.79 Å². The Morgan fingerprint density at radius 1 is 1.15 bits per heavy atom. The van der Waals surface area contributed by atoms with Crippen LogP contribution in [-0.4, -0.2) is 109 Å². The van der Waals surface area contributed by atoms with Crippen LogP contribution in [0, 0.1) is 5.92 Å². The highest BCUT2D eigenvalue weighted by molar-refractivity contribution is 5.87. The summed E-state index contributed by atoms with van der Waals surface area (Å²) in [5.74, 6) is -0.155. The van der Waals surface area contributed by atoms with Gasteiger partial charge < -0.3 is 45.3 Å². The van der Waals surface area contributed by atoms with E-state index in [-0.39, 0.29) is 54.6 Å². The van der Waals surface area contributed by atoms with E-state index in [0.717, 1.165) is 44.3 Å². The van der Waals surface area contributed by atoms with Crippen molar-refractivity contribution < 1.29 is 38.4 Å². The van der Waals surface area contributed by atoms with Gasteiger partial charge in [-0.05, 0) is 64.9 Å². The average Bonchev–Trinajstić information content (AvgIpc) is 3.81. The van der Waals surface area contributed by atoms with Crippen LogP contribution < -0.4 is 16.4 Å². The number of allylic oxidation sites excluding steroid dienone is 2. The van der Waals surface area contributed by atoms with Crippen LogP contribution in [0.4, 0.5) is 4.79 Å². The van der Waals surface area contributed by atoms with Gasteiger partial charge in [0.05, 0.1) is 37.4 Å². The first-order valence-corrected chi connectivity index (χ1v) is 16.9. The monoisotopic (exact) mass is 646 g/mol. The maximum Gasteiger partial charge on any atom is 0.410 e. The number of carbonyl (C=O) groups excluding carboxylic acids is 3. The molecule has 4 rings (SSSR count). The highest BCUT2D eigenvalue weighted by atomic mass is 16.6. The third-order valence-corrected chi connectivity index (χ3v) is 9.35. The van der Waals surface area contributed by atoms with Gasteiger partial charge in [-0.2, -0.15) is 0 Å². The van der Waals surface area contributed by atoms with Gasteiger partial charge in [0, 0.05) is 38.7 Å². The lowest BCUT2D eigenvalue weighted by molar-refractivity contribution is -0.145. The van der Waals surface area contributed by atoms with Gasteiger partial charge in [-0.15, -0.1) is 0 Å². The number of hydrogen-bond acceptors (Lipinski definition) is 9. The Bertz CT molecular complexity index is 1130. The minimum Gasteiger partial charge on any atom is -0.442 e. The van der Waals surface area contributed by atoms with E-state index in [4.69, 9.17) is 24.7 Å². The zero-order valence-corrected chi connectivity index (χ0v) is 27.8. The number of epoxide rings is 1. The Morgan fingerprint density at radius 2 is 1.89 bits per heavy atom. The molecule has 1 spiro atoms. The maximum absolute atomic E-state index is 12.7. The minimum atomic E-state index is -0.803. The van der Waals surface area contributed by atoms with Crippen molar-refractivity contribution in [3.63, 3.8) is 0 Å². The van der Waals surface area contributed by atoms with Crippen LogP contribution in [0.3, 0.4) is 0 Å². The Morgan fingerprint density at radius 3 is 2.59 bits per heavy atom. The summed E-state index contributed by atoms with van der Waals surface area (Å²) in [5, 5.41) is 16.7. The molecule has 0 aliphatic carbocycles. The first kappa shape index (κ1) is 36.1. The fourth-order valence-electron chi connectivity index (χ4n) is 6.43. The van der Waals surface area contributed by atoms with E-state index >= 15 is 0 Å². The molecule has 4 heterocycles. The van der Waals surface area contributed by atoms with E-state index in [2.05, 4.69) is 23.6 Å². The summed E-state index contributed by atoms with van der Waals surface area (Å²) in [5.41, 5.74) is 5.83. The van der Waals surface area contributed by atoms with E-state index in [9.17, 15) is 19.5 Å². The number of hydrogen-bond donors (Lipinski definition) is 4. The second-order valence-electron chi connectivity index (χ2n) is 13.3. The van der Waals surface area contributed by atoms with Crippen LogP contribution in [0.2, 0.25) is 0 Å². The predicted octanol–water partition coefficient (Wildman–Crippen LogP) is 2.50. The second-order valence-corrected chi connectivity index (χ2v) is 13.3. The molecule has 0 bridgehead atoms. The summed E-state index contributed by atoms with van der Waals surface area (Å²) in [7, 11) is 0. The molecule has 0 aromatic rings. The number of rotatable bonds is 12. The number of carbonyl (C=O) groups is 3. The molecule has 5 N–H and O–H groups in total. The number of nitrogens with one attached hydrogen (secondary N) is 2. The fraction of sp³-hybridized carbons (Fsp3) is 0.735. The Balaban J connectivity index is 1.21. The lowest BCUT2D eigenvalue weighted by Crippen LogP contribution is -2.51. The van der Waals surface area contributed by atoms with Gasteiger partial charge in [0.1, 0.15) is 23.9 Å². The minimum absolute atomic E-state index is 0.00710. The summed E-state index contributed by atoms with van der Waals surface area (Å²) in [4.78, 5) is 38.9. The van der Waals surface area contributed by atoms with Crippen LogP contribution in [0.15, 0.2) is 36.0 Å². The third-order valence-electron chi connectivity index (χ3n) is 9.35. The Hall–Kier alpha value is -2.77. The summed E-state index contributed by atoms with van der Waals surface area (Å²) < 4.78 is 23.5. The SMILES string of the molecule is CC(/C=C/[C@H]1O[C@H](CC(=O)NCCN)C[C@@]2(CO2)[C@@H]1O)=C\C[C@@H]1O[C@H](C)[C@H](NC(=O)/C=C\[C@H](C)OC(=O)N2CCCCC2)C[C@@H]1C. The van der Waals surface area contributed by atoms with E-state index in [1.807, 2.05) is 26.0 Å². The molecular formula is C34H54N4O8. The largest absolute Gasteiger partial charge is 0.442 e. The van der Waals surface area contributed by atoms with Crippen LogP contribution >= 0.6 is 0 Å². The lowest BCUT2D eigenvalue weighted by Gasteiger charge is -2.39. The molecule has 3 amide bonds. The first-order chi connectivity index (χ1) is 22.0. The molecule has 4 aliphatic rings. The van der Waals surface area contributed by atoms with Crippen molar-refractivity contribution in [2.24, 2.45) is 11.7 Å². The standard InChI is InChI=1S/C34H54N4O8/c1-22(9-12-29-32(41)34(21-43-34)20-26(46-29)19-31(40)36-15-14-35)8-11-28-23(2)18-27(25(4)45-28)37-30(39)13-10-24(3)44-33(42)38-16-6-5-7-17-38/h8-10,12-13,23-29,32,41H,5-7,11,14-21,35H2,1-4H3,(H,36,40)(H,37,39)/b12-9+,13-10-,22-8+/t23-,24-,25+,26+,27+,28-,29+,32+,34+/m0/s1. The number of likely N-dealkylation sites (tertiary alicyclic amines) is 1. The highest BCUT2D eigenvalue weighted by Gasteiger charge is 2.58. The number of nitrogens with two attached hydrogens (primary N) is 1. The molecule has 12 heteroatoms. The van der Waals surface area contributed by atoms with E-state index in [1.165, 1.54) is 6.08 Å². The van der Waals surface area contributed by atoms with Gasteiger partial charge in [0.15, 0.2) is 0 Å². The molecule has 0 saturated carbocycles. The second kappa shape index (κ2) is 16.9. The van der Waals surface area contributed by atoms with Crippen LogP contribution in [0.1, 0.15) is 72.6 Å². The number of amides is 3. The summed E-state index contributed by atoms with van der Waals surface area (Å²) in [6, 6.07) is -0.133. The fourth-order valence-corrected chi connectivity index (χ4v) is 6.43. The van der Waals surface area contributed by atoms with E-state index in [1.54, 1.807) is 17.9 Å². The molecule has 4 saturated heterocycles. The topological polar surface area (TPSA) is 165 Å². The molecule has 258 valence electrons. The lowest BCUT2D eigenvalue weighted by atomic mass is 9.87. The van der Waals surface area contributed by atoms with Gasteiger partial charge in [-0.3, -0.25) is 9.59 Å². The first-order valence-electron chi connectivity index (χ1n) is 16.9. The summed E-state index contributed by atoms with van der Waals surface area (Å²) >= 11 is 0. The van der Waals surface area contributed by atoms with Crippen molar-refractivity contribution in [3.8, 4) is 0 Å². The number of piperidine rings is 1. The van der Waals surface area contributed by atoms with E-state index in [0.29, 0.717) is 32.5 Å². The number of nitrogens with zero attached hydrogens (tertiary/aromatic N) is 1. The molecular weight excluding hydrogens is 592 g/mol. The molecule has 46 heavy (non-hydrogen) atoms. The molecule has 4 aliphatic heterocycles. The Kier molecular flexibility index (Phi) is 13.2. The van der Waals surface area contributed by atoms with Crippen molar-refractivity contribution in [2.75, 3.05) is 32.8 Å². The molecule has 9 atom stereocenters. The average molecular weight is 647 g/mol. The zero-order chi connectivity index (χ0) is 33.3. The smallest absolute Gasteiger partial charge is 0.410 e. The Labute approximate surface area is 273 Å². The summed E-state index contributed by atoms with van der Waals surface area (Å²) in [6.45, 7) is 10.5. The molecule has 0 radical (unpaired) electrons. The van der Waals surface area contributed by atoms with Crippen LogP contribution in [0.25, 0.3) is 0 Å². The molecule has 4 fully saturated rings. The highest BCUT2D eigenvalue weighted by Crippen LogP contribution is 2.43. The normalized spacial score (nSPS) is 34.1. The van der Waals surface area contributed by atoms with Crippen molar-refractivity contribution in [2.45, 2.75) is 121 Å². The van der Waals surface area contributed by atoms with Gasteiger partial charge >= 0.3 is 6.09 Å². The number of aliphatic hydroxyl groups excluding tert-OH is 1. The molecule has 0 aromatic heterocycles. The molecule has 0 unspecified atom stereocenters. The summed E-state index contributed by atoms with van der Waals surface area (Å²) in [6.07, 6.45) is 11.4. The third kappa shape index (κ3) is 10.4. The zero-order valence-electron chi connectivity index (χ0n) is 27.8. The van der Waals surface area contributed by atoms with Gasteiger partial charge in [0.25, 0.3) is 0 Å². The van der Waals surface area contributed by atoms with Gasteiger partial charge in [0.2, 0.25) is 11.8 Å². The van der Waals surface area contributed by atoms with Crippen molar-refractivity contribution in [3.05, 3.63) is 36.0 Å². The maximum atomic E-state index is 12.7. The quantitative estimate of drug-likeness (QED) is 0.142. The van der Waals surface area contributed by atoms with Crippen LogP contribution in [0.5, 0.6) is 0 Å². The molecule has 12 nitrogen and oxygen atoms in total.